The number of hydrogen-bond acceptors (Lipinski definition) is 4. The van der Waals surface area contributed by atoms with Gasteiger partial charge in [0.15, 0.2) is 11.5 Å². The fourth-order valence-corrected chi connectivity index (χ4v) is 3.58. The van der Waals surface area contributed by atoms with Crippen LogP contribution in [0.25, 0.3) is 22.2 Å². The molecule has 0 fully saturated rings. The van der Waals surface area contributed by atoms with Gasteiger partial charge in [0.1, 0.15) is 0 Å². The van der Waals surface area contributed by atoms with Crippen LogP contribution in [-0.2, 0) is 0 Å². The van der Waals surface area contributed by atoms with E-state index in [2.05, 4.69) is 5.32 Å². The molecule has 0 saturated heterocycles. The number of para-hydroxylation sites is 1. The topological polar surface area (TPSA) is 60.5 Å². The number of carbonyl (C=O) groups excluding carboxylic acids is 1. The molecule has 0 bridgehead atoms. The van der Waals surface area contributed by atoms with Gasteiger partial charge in [0.25, 0.3) is 5.91 Å². The molecular formula is C23H15ClN2O3. The number of amides is 1. The highest BCUT2D eigenvalue weighted by Gasteiger charge is 2.17. The van der Waals surface area contributed by atoms with Crippen LogP contribution >= 0.6 is 11.6 Å². The Balaban J connectivity index is 1.58. The average Bonchev–Trinajstić information content (AvgIpc) is 3.21. The summed E-state index contributed by atoms with van der Waals surface area (Å²) in [7, 11) is 0. The van der Waals surface area contributed by atoms with E-state index in [0.29, 0.717) is 33.5 Å². The van der Waals surface area contributed by atoms with Crippen LogP contribution in [0.1, 0.15) is 10.4 Å². The number of halogens is 1. The van der Waals surface area contributed by atoms with Gasteiger partial charge in [0.05, 0.1) is 16.8 Å². The Morgan fingerprint density at radius 2 is 1.72 bits per heavy atom. The Bertz CT molecular complexity index is 1260. The molecule has 0 atom stereocenters. The largest absolute Gasteiger partial charge is 0.454 e. The number of fused-ring (bicyclic) bond motifs is 2. The Hall–Kier alpha value is -3.57. The Labute approximate surface area is 171 Å². The lowest BCUT2D eigenvalue weighted by Crippen LogP contribution is -2.13. The van der Waals surface area contributed by atoms with E-state index in [-0.39, 0.29) is 12.7 Å². The van der Waals surface area contributed by atoms with Crippen molar-refractivity contribution < 1.29 is 14.3 Å². The van der Waals surface area contributed by atoms with Gasteiger partial charge in [-0.15, -0.1) is 0 Å². The first-order valence-electron chi connectivity index (χ1n) is 9.05. The van der Waals surface area contributed by atoms with Gasteiger partial charge in [-0.2, -0.15) is 0 Å². The van der Waals surface area contributed by atoms with Gasteiger partial charge in [-0.25, -0.2) is 4.98 Å². The van der Waals surface area contributed by atoms with Crippen LogP contribution in [0.5, 0.6) is 11.5 Å². The van der Waals surface area contributed by atoms with Gasteiger partial charge in [-0.05, 0) is 30.3 Å². The van der Waals surface area contributed by atoms with Crippen LogP contribution in [0.2, 0.25) is 5.02 Å². The van der Waals surface area contributed by atoms with E-state index >= 15 is 0 Å². The molecule has 4 aromatic rings. The molecule has 142 valence electrons. The second-order valence-electron chi connectivity index (χ2n) is 6.57. The van der Waals surface area contributed by atoms with Crippen molar-refractivity contribution in [3.63, 3.8) is 0 Å². The second-order valence-corrected chi connectivity index (χ2v) is 6.98. The quantitative estimate of drug-likeness (QED) is 0.489. The number of aromatic nitrogens is 1. The van der Waals surface area contributed by atoms with E-state index < -0.39 is 0 Å². The summed E-state index contributed by atoms with van der Waals surface area (Å²) >= 11 is 6.36. The van der Waals surface area contributed by atoms with Crippen LogP contribution in [0, 0.1) is 0 Å². The normalized spacial score (nSPS) is 12.2. The summed E-state index contributed by atoms with van der Waals surface area (Å²) in [6, 6.07) is 22.1. The maximum Gasteiger partial charge on any atom is 0.256 e. The van der Waals surface area contributed by atoms with Crippen molar-refractivity contribution in [3.05, 3.63) is 83.4 Å². The van der Waals surface area contributed by atoms with E-state index in [1.807, 2.05) is 42.5 Å². The predicted molar refractivity (Wildman–Crippen MR) is 113 cm³/mol. The molecule has 6 heteroatoms. The SMILES string of the molecule is O=C(Nc1ccc2c(c1)OCO2)c1cc(-c2ccccc2Cl)nc2ccccc12. The fourth-order valence-electron chi connectivity index (χ4n) is 3.34. The minimum Gasteiger partial charge on any atom is -0.454 e. The van der Waals surface area contributed by atoms with E-state index in [1.54, 1.807) is 30.3 Å². The van der Waals surface area contributed by atoms with Crippen molar-refractivity contribution in [2.24, 2.45) is 0 Å². The Kier molecular flexibility index (Phi) is 4.30. The molecule has 0 saturated carbocycles. The Morgan fingerprint density at radius 1 is 0.931 bits per heavy atom. The number of carbonyl (C=O) groups is 1. The van der Waals surface area contributed by atoms with Gasteiger partial charge >= 0.3 is 0 Å². The maximum atomic E-state index is 13.2. The number of pyridine rings is 1. The first-order valence-corrected chi connectivity index (χ1v) is 9.42. The minimum atomic E-state index is -0.240. The standard InChI is InChI=1S/C23H15ClN2O3/c24-18-7-3-1-6-16(18)20-12-17(15-5-2-4-8-19(15)26-20)23(27)25-14-9-10-21-22(11-14)29-13-28-21/h1-12H,13H2,(H,25,27). The van der Waals surface area contributed by atoms with Gasteiger partial charge < -0.3 is 14.8 Å². The van der Waals surface area contributed by atoms with Crippen molar-refractivity contribution >= 4 is 34.1 Å². The molecule has 3 aromatic carbocycles. The fraction of sp³-hybridized carbons (Fsp3) is 0.0435. The highest BCUT2D eigenvalue weighted by molar-refractivity contribution is 6.33. The van der Waals surface area contributed by atoms with Gasteiger partial charge in [-0.3, -0.25) is 4.79 Å². The number of nitrogens with zero attached hydrogens (tertiary/aromatic N) is 1. The third-order valence-corrected chi connectivity index (χ3v) is 5.07. The zero-order chi connectivity index (χ0) is 19.8. The molecule has 2 heterocycles. The summed E-state index contributed by atoms with van der Waals surface area (Å²) in [4.78, 5) is 17.9. The predicted octanol–water partition coefficient (Wildman–Crippen LogP) is 5.54. The molecule has 1 aliphatic heterocycles. The van der Waals surface area contributed by atoms with Crippen molar-refractivity contribution in [2.75, 3.05) is 12.1 Å². The molecule has 1 aliphatic rings. The lowest BCUT2D eigenvalue weighted by Gasteiger charge is -2.12. The van der Waals surface area contributed by atoms with E-state index in [4.69, 9.17) is 26.1 Å². The molecular weight excluding hydrogens is 388 g/mol. The molecule has 5 rings (SSSR count). The van der Waals surface area contributed by atoms with Gasteiger partial charge in [0.2, 0.25) is 6.79 Å². The van der Waals surface area contributed by atoms with Crippen molar-refractivity contribution in [3.8, 4) is 22.8 Å². The molecule has 29 heavy (non-hydrogen) atoms. The van der Waals surface area contributed by atoms with Crippen LogP contribution in [-0.4, -0.2) is 17.7 Å². The number of hydrogen-bond donors (Lipinski definition) is 1. The van der Waals surface area contributed by atoms with Gasteiger partial charge in [-0.1, -0.05) is 48.0 Å². The molecule has 1 N–H and O–H groups in total. The minimum absolute atomic E-state index is 0.183. The number of nitrogens with one attached hydrogen (secondary N) is 1. The monoisotopic (exact) mass is 402 g/mol. The summed E-state index contributed by atoms with van der Waals surface area (Å²) in [5.41, 5.74) is 3.28. The second kappa shape index (κ2) is 7.11. The first kappa shape index (κ1) is 17.5. The third-order valence-electron chi connectivity index (χ3n) is 4.74. The third kappa shape index (κ3) is 3.26. The summed E-state index contributed by atoms with van der Waals surface area (Å²) in [6.07, 6.45) is 0. The van der Waals surface area contributed by atoms with E-state index in [1.165, 1.54) is 0 Å². The zero-order valence-corrected chi connectivity index (χ0v) is 15.9. The molecule has 0 spiro atoms. The highest BCUT2D eigenvalue weighted by atomic mass is 35.5. The van der Waals surface area contributed by atoms with E-state index in [9.17, 15) is 4.79 Å². The summed E-state index contributed by atoms with van der Waals surface area (Å²) in [6.45, 7) is 0.183. The molecule has 0 unspecified atom stereocenters. The first-order chi connectivity index (χ1) is 14.2. The van der Waals surface area contributed by atoms with Crippen LogP contribution < -0.4 is 14.8 Å². The smallest absolute Gasteiger partial charge is 0.256 e. The van der Waals surface area contributed by atoms with Crippen molar-refractivity contribution in [2.45, 2.75) is 0 Å². The summed E-state index contributed by atoms with van der Waals surface area (Å²) in [5.74, 6) is 1.04. The lowest BCUT2D eigenvalue weighted by molar-refractivity contribution is 0.102. The highest BCUT2D eigenvalue weighted by Crippen LogP contribution is 2.35. The average molecular weight is 403 g/mol. The number of rotatable bonds is 3. The van der Waals surface area contributed by atoms with Crippen molar-refractivity contribution in [1.29, 1.82) is 0 Å². The van der Waals surface area contributed by atoms with Crippen molar-refractivity contribution in [1.82, 2.24) is 4.98 Å². The van der Waals surface area contributed by atoms with Gasteiger partial charge in [0, 0.05) is 27.7 Å². The van der Waals surface area contributed by atoms with Crippen LogP contribution in [0.15, 0.2) is 72.8 Å². The lowest BCUT2D eigenvalue weighted by atomic mass is 10.0. The Morgan fingerprint density at radius 3 is 2.62 bits per heavy atom. The van der Waals surface area contributed by atoms with E-state index in [0.717, 1.165) is 16.5 Å². The van der Waals surface area contributed by atoms with Crippen LogP contribution in [0.4, 0.5) is 5.69 Å². The molecule has 1 aromatic heterocycles. The summed E-state index contributed by atoms with van der Waals surface area (Å²) < 4.78 is 10.7. The zero-order valence-electron chi connectivity index (χ0n) is 15.2. The number of anilines is 1. The molecule has 1 amide bonds. The summed E-state index contributed by atoms with van der Waals surface area (Å²) in [5, 5.41) is 4.28. The number of benzene rings is 3. The molecule has 0 aliphatic carbocycles. The molecule has 5 nitrogen and oxygen atoms in total. The molecule has 0 radical (unpaired) electrons. The van der Waals surface area contributed by atoms with Crippen LogP contribution in [0.3, 0.4) is 0 Å². The number of ether oxygens (including phenoxy) is 2. The maximum absolute atomic E-state index is 13.2.